The van der Waals surface area contributed by atoms with Gasteiger partial charge in [0, 0.05) is 68.0 Å². The van der Waals surface area contributed by atoms with Crippen LogP contribution in [-0.4, -0.2) is 65.3 Å². The van der Waals surface area contributed by atoms with Gasteiger partial charge >= 0.3 is 0 Å². The molecule has 1 aromatic heterocycles. The number of likely N-dealkylation sites (tertiary alicyclic amines) is 1. The number of piperazine rings is 1. The number of rotatable bonds is 4. The van der Waals surface area contributed by atoms with Gasteiger partial charge in [-0.3, -0.25) is 14.9 Å². The summed E-state index contributed by atoms with van der Waals surface area (Å²) in [6, 6.07) is 8.66. The standard InChI is InChI=1S/C18H24ClN5.ClH/c19-16-3-1-2-14(10-16)18-15(11-21-22-18)12-23-7-4-17(13-23)24-8-5-20-6-9-24;/h1-3,10-11,17,20H,4-9,12-13H2,(H,21,22);1H. The van der Waals surface area contributed by atoms with Crippen LogP contribution in [0, 0.1) is 0 Å². The molecule has 2 saturated heterocycles. The molecular formula is C18H25Cl2N5. The summed E-state index contributed by atoms with van der Waals surface area (Å²) < 4.78 is 0. The Morgan fingerprint density at radius 3 is 2.84 bits per heavy atom. The highest BCUT2D eigenvalue weighted by molar-refractivity contribution is 6.30. The van der Waals surface area contributed by atoms with Crippen LogP contribution in [0.3, 0.4) is 0 Å². The highest BCUT2D eigenvalue weighted by Crippen LogP contribution is 2.26. The SMILES string of the molecule is Cl.Clc1cccc(-c2[nH]ncc2CN2CCC(N3CCNCC3)C2)c1. The van der Waals surface area contributed by atoms with Gasteiger partial charge in [-0.15, -0.1) is 12.4 Å². The van der Waals surface area contributed by atoms with E-state index in [2.05, 4.69) is 31.4 Å². The van der Waals surface area contributed by atoms with Gasteiger partial charge in [0.05, 0.1) is 11.9 Å². The number of hydrogen-bond donors (Lipinski definition) is 2. The predicted octanol–water partition coefficient (Wildman–Crippen LogP) is 2.63. The van der Waals surface area contributed by atoms with Crippen LogP contribution < -0.4 is 5.32 Å². The molecule has 0 bridgehead atoms. The third-order valence-corrected chi connectivity index (χ3v) is 5.38. The minimum atomic E-state index is 0. The summed E-state index contributed by atoms with van der Waals surface area (Å²) in [6.07, 6.45) is 3.22. The Bertz CT molecular complexity index is 684. The Kier molecular flexibility index (Phi) is 6.36. The van der Waals surface area contributed by atoms with Crippen molar-refractivity contribution in [1.82, 2.24) is 25.3 Å². The van der Waals surface area contributed by atoms with Crippen molar-refractivity contribution in [3.05, 3.63) is 41.0 Å². The van der Waals surface area contributed by atoms with Crippen molar-refractivity contribution in [1.29, 1.82) is 0 Å². The molecule has 2 aromatic rings. The second kappa shape index (κ2) is 8.52. The van der Waals surface area contributed by atoms with E-state index in [-0.39, 0.29) is 12.4 Å². The highest BCUT2D eigenvalue weighted by Gasteiger charge is 2.28. The molecule has 1 atom stereocenters. The summed E-state index contributed by atoms with van der Waals surface area (Å²) in [7, 11) is 0. The molecule has 25 heavy (non-hydrogen) atoms. The molecule has 0 spiro atoms. The summed E-state index contributed by atoms with van der Waals surface area (Å²) >= 11 is 6.13. The number of halogens is 2. The van der Waals surface area contributed by atoms with Crippen molar-refractivity contribution in [3.63, 3.8) is 0 Å². The molecule has 136 valence electrons. The zero-order valence-corrected chi connectivity index (χ0v) is 15.8. The van der Waals surface area contributed by atoms with E-state index in [1.165, 1.54) is 25.1 Å². The van der Waals surface area contributed by atoms with Crippen molar-refractivity contribution in [2.24, 2.45) is 0 Å². The first-order valence-electron chi connectivity index (χ1n) is 8.75. The minimum absolute atomic E-state index is 0. The molecule has 2 fully saturated rings. The average Bonchev–Trinajstić information content (AvgIpc) is 3.26. The molecule has 2 aliphatic heterocycles. The van der Waals surface area contributed by atoms with Crippen LogP contribution >= 0.6 is 24.0 Å². The van der Waals surface area contributed by atoms with Crippen LogP contribution in [0.4, 0.5) is 0 Å². The van der Waals surface area contributed by atoms with Crippen molar-refractivity contribution in [2.45, 2.75) is 19.0 Å². The largest absolute Gasteiger partial charge is 0.314 e. The summed E-state index contributed by atoms with van der Waals surface area (Å²) in [5.74, 6) is 0. The quantitative estimate of drug-likeness (QED) is 0.854. The number of nitrogens with one attached hydrogen (secondary N) is 2. The maximum Gasteiger partial charge on any atom is 0.0695 e. The Labute approximate surface area is 160 Å². The van der Waals surface area contributed by atoms with E-state index in [0.29, 0.717) is 6.04 Å². The zero-order valence-electron chi connectivity index (χ0n) is 14.2. The Hall–Kier alpha value is -1.11. The molecule has 0 radical (unpaired) electrons. The van der Waals surface area contributed by atoms with E-state index in [1.807, 2.05) is 24.4 Å². The molecule has 2 aliphatic rings. The van der Waals surface area contributed by atoms with Gasteiger partial charge in [-0.2, -0.15) is 5.10 Å². The van der Waals surface area contributed by atoms with Crippen LogP contribution in [0.5, 0.6) is 0 Å². The molecule has 0 saturated carbocycles. The third-order valence-electron chi connectivity index (χ3n) is 5.14. The first-order valence-corrected chi connectivity index (χ1v) is 9.13. The second-order valence-electron chi connectivity index (χ2n) is 6.74. The Balaban J connectivity index is 0.00000182. The van der Waals surface area contributed by atoms with Gasteiger partial charge in [0.25, 0.3) is 0 Å². The lowest BCUT2D eigenvalue weighted by Crippen LogP contribution is -2.49. The lowest BCUT2D eigenvalue weighted by molar-refractivity contribution is 0.170. The van der Waals surface area contributed by atoms with E-state index in [9.17, 15) is 0 Å². The van der Waals surface area contributed by atoms with Crippen molar-refractivity contribution >= 4 is 24.0 Å². The van der Waals surface area contributed by atoms with Crippen molar-refractivity contribution < 1.29 is 0 Å². The first-order chi connectivity index (χ1) is 11.8. The predicted molar refractivity (Wildman–Crippen MR) is 104 cm³/mol. The highest BCUT2D eigenvalue weighted by atomic mass is 35.5. The number of nitrogens with zero attached hydrogens (tertiary/aromatic N) is 3. The molecule has 0 aliphatic carbocycles. The molecule has 4 rings (SSSR count). The van der Waals surface area contributed by atoms with E-state index in [0.717, 1.165) is 49.0 Å². The van der Waals surface area contributed by atoms with Gasteiger partial charge in [0.15, 0.2) is 0 Å². The van der Waals surface area contributed by atoms with Crippen molar-refractivity contribution in [3.8, 4) is 11.3 Å². The topological polar surface area (TPSA) is 47.2 Å². The fraction of sp³-hybridized carbons (Fsp3) is 0.500. The van der Waals surface area contributed by atoms with Crippen molar-refractivity contribution in [2.75, 3.05) is 39.3 Å². The van der Waals surface area contributed by atoms with Crippen LogP contribution in [0.1, 0.15) is 12.0 Å². The normalized spacial score (nSPS) is 22.0. The number of H-pyrrole nitrogens is 1. The van der Waals surface area contributed by atoms with E-state index < -0.39 is 0 Å². The van der Waals surface area contributed by atoms with Crippen LogP contribution in [-0.2, 0) is 6.54 Å². The second-order valence-corrected chi connectivity index (χ2v) is 7.18. The molecule has 0 amide bonds. The number of hydrogen-bond acceptors (Lipinski definition) is 4. The molecule has 1 aromatic carbocycles. The smallest absolute Gasteiger partial charge is 0.0695 e. The van der Waals surface area contributed by atoms with E-state index in [1.54, 1.807) is 0 Å². The summed E-state index contributed by atoms with van der Waals surface area (Å²) in [5, 5.41) is 11.6. The van der Waals surface area contributed by atoms with Gasteiger partial charge in [-0.1, -0.05) is 23.7 Å². The molecule has 2 N–H and O–H groups in total. The van der Waals surface area contributed by atoms with E-state index >= 15 is 0 Å². The maximum absolute atomic E-state index is 6.13. The number of aromatic nitrogens is 2. The Morgan fingerprint density at radius 1 is 1.20 bits per heavy atom. The third kappa shape index (κ3) is 4.36. The fourth-order valence-corrected chi connectivity index (χ4v) is 4.06. The summed E-state index contributed by atoms with van der Waals surface area (Å²) in [5.41, 5.74) is 3.44. The van der Waals surface area contributed by atoms with E-state index in [4.69, 9.17) is 11.6 Å². The van der Waals surface area contributed by atoms with Gasteiger partial charge < -0.3 is 5.32 Å². The molecule has 1 unspecified atom stereocenters. The average molecular weight is 382 g/mol. The van der Waals surface area contributed by atoms with Crippen LogP contribution in [0.15, 0.2) is 30.5 Å². The van der Waals surface area contributed by atoms with Gasteiger partial charge in [0.1, 0.15) is 0 Å². The summed E-state index contributed by atoms with van der Waals surface area (Å²) in [4.78, 5) is 5.19. The molecule has 5 nitrogen and oxygen atoms in total. The lowest BCUT2D eigenvalue weighted by atomic mass is 10.1. The molecular weight excluding hydrogens is 357 g/mol. The lowest BCUT2D eigenvalue weighted by Gasteiger charge is -2.32. The fourth-order valence-electron chi connectivity index (χ4n) is 3.87. The zero-order chi connectivity index (χ0) is 16.4. The molecule has 7 heteroatoms. The molecule has 3 heterocycles. The number of benzene rings is 1. The maximum atomic E-state index is 6.13. The first kappa shape index (κ1) is 18.7. The number of aromatic amines is 1. The monoisotopic (exact) mass is 381 g/mol. The van der Waals surface area contributed by atoms with Gasteiger partial charge in [0.2, 0.25) is 0 Å². The summed E-state index contributed by atoms with van der Waals surface area (Å²) in [6.45, 7) is 7.86. The Morgan fingerprint density at radius 2 is 2.04 bits per heavy atom. The van der Waals surface area contributed by atoms with Crippen LogP contribution in [0.25, 0.3) is 11.3 Å². The van der Waals surface area contributed by atoms with Gasteiger partial charge in [-0.05, 0) is 18.6 Å². The van der Waals surface area contributed by atoms with Crippen LogP contribution in [0.2, 0.25) is 5.02 Å². The minimum Gasteiger partial charge on any atom is -0.314 e. The van der Waals surface area contributed by atoms with Gasteiger partial charge in [-0.25, -0.2) is 0 Å².